The van der Waals surface area contributed by atoms with E-state index in [9.17, 15) is 34.8 Å². The molecule has 0 amide bonds. The van der Waals surface area contributed by atoms with E-state index in [0.717, 1.165) is 19.3 Å². The van der Waals surface area contributed by atoms with Gasteiger partial charge in [-0.25, -0.2) is 4.79 Å². The minimum atomic E-state index is -2.88. The summed E-state index contributed by atoms with van der Waals surface area (Å²) >= 11 is 0. The summed E-state index contributed by atoms with van der Waals surface area (Å²) in [5, 5.41) is 41.5. The quantitative estimate of drug-likeness (QED) is 0.273. The molecule has 0 radical (unpaired) electrons. The van der Waals surface area contributed by atoms with Crippen molar-refractivity contribution in [2.45, 2.75) is 104 Å². The van der Waals surface area contributed by atoms with Crippen molar-refractivity contribution in [1.29, 1.82) is 0 Å². The van der Waals surface area contributed by atoms with Crippen molar-refractivity contribution < 1.29 is 34.8 Å². The van der Waals surface area contributed by atoms with E-state index >= 15 is 0 Å². The first-order chi connectivity index (χ1) is 13.6. The molecule has 7 heteroatoms. The summed E-state index contributed by atoms with van der Waals surface area (Å²) in [6, 6.07) is 0. The first kappa shape index (κ1) is 27.4. The molecule has 0 aliphatic carbocycles. The van der Waals surface area contributed by atoms with Crippen molar-refractivity contribution >= 4 is 17.9 Å². The Morgan fingerprint density at radius 3 is 1.59 bits per heavy atom. The molecule has 0 bridgehead atoms. The maximum Gasteiger partial charge on any atom is 0.337 e. The van der Waals surface area contributed by atoms with E-state index < -0.39 is 34.8 Å². The monoisotopic (exact) mass is 416 g/mol. The van der Waals surface area contributed by atoms with Crippen molar-refractivity contribution in [3.05, 3.63) is 0 Å². The molecule has 0 saturated heterocycles. The van der Waals surface area contributed by atoms with Gasteiger partial charge in [-0.2, -0.15) is 0 Å². The fourth-order valence-corrected chi connectivity index (χ4v) is 4.29. The van der Waals surface area contributed by atoms with E-state index in [0.29, 0.717) is 32.1 Å². The first-order valence-corrected chi connectivity index (χ1v) is 11.0. The smallest absolute Gasteiger partial charge is 0.337 e. The zero-order chi connectivity index (χ0) is 22.7. The van der Waals surface area contributed by atoms with E-state index in [1.807, 2.05) is 27.7 Å². The normalized spacial score (nSPS) is 16.0. The second kappa shape index (κ2) is 12.8. The van der Waals surface area contributed by atoms with Crippen LogP contribution in [0.5, 0.6) is 0 Å². The molecule has 0 fully saturated rings. The zero-order valence-electron chi connectivity index (χ0n) is 18.4. The van der Waals surface area contributed by atoms with Gasteiger partial charge >= 0.3 is 17.9 Å². The van der Waals surface area contributed by atoms with Crippen molar-refractivity contribution in [2.75, 3.05) is 0 Å². The molecule has 0 rings (SSSR count). The van der Waals surface area contributed by atoms with Gasteiger partial charge in [0.15, 0.2) is 5.60 Å². The van der Waals surface area contributed by atoms with Crippen molar-refractivity contribution in [2.24, 2.45) is 17.3 Å². The molecule has 3 unspecified atom stereocenters. The highest BCUT2D eigenvalue weighted by atomic mass is 16.4. The first-order valence-electron chi connectivity index (χ1n) is 11.0. The maximum atomic E-state index is 12.4. The van der Waals surface area contributed by atoms with E-state index in [-0.39, 0.29) is 25.2 Å². The third kappa shape index (κ3) is 6.43. The summed E-state index contributed by atoms with van der Waals surface area (Å²) in [5.74, 6) is -6.43. The summed E-state index contributed by atoms with van der Waals surface area (Å²) in [6.45, 7) is 7.61. The summed E-state index contributed by atoms with van der Waals surface area (Å²) in [4.78, 5) is 37.0. The van der Waals surface area contributed by atoms with Gasteiger partial charge in [-0.15, -0.1) is 0 Å². The van der Waals surface area contributed by atoms with Gasteiger partial charge < -0.3 is 20.4 Å². The number of aliphatic carboxylic acids is 3. The average molecular weight is 417 g/mol. The number of carboxylic acid groups (broad SMARTS) is 3. The molecule has 0 aliphatic rings. The van der Waals surface area contributed by atoms with Crippen LogP contribution in [0.2, 0.25) is 0 Å². The van der Waals surface area contributed by atoms with Gasteiger partial charge in [0, 0.05) is 0 Å². The second-order valence-electron chi connectivity index (χ2n) is 8.21. The third-order valence-electron chi connectivity index (χ3n) is 6.29. The highest BCUT2D eigenvalue weighted by molar-refractivity contribution is 5.93. The molecule has 0 heterocycles. The van der Waals surface area contributed by atoms with Crippen LogP contribution < -0.4 is 0 Å². The van der Waals surface area contributed by atoms with Gasteiger partial charge in [0.2, 0.25) is 0 Å². The molecule has 0 aromatic carbocycles. The summed E-state index contributed by atoms with van der Waals surface area (Å²) in [5.41, 5.74) is -4.93. The second-order valence-corrected chi connectivity index (χ2v) is 8.21. The number of hydrogen-bond acceptors (Lipinski definition) is 4. The fourth-order valence-electron chi connectivity index (χ4n) is 4.29. The minimum Gasteiger partial charge on any atom is -0.481 e. The number of unbranched alkanes of at least 4 members (excludes halogenated alkanes) is 3. The van der Waals surface area contributed by atoms with Gasteiger partial charge in [0.25, 0.3) is 0 Å². The topological polar surface area (TPSA) is 132 Å². The summed E-state index contributed by atoms with van der Waals surface area (Å²) < 4.78 is 0. The Balaban J connectivity index is 6.45. The Hall–Kier alpha value is -1.63. The Bertz CT molecular complexity index is 523. The Morgan fingerprint density at radius 2 is 1.28 bits per heavy atom. The molecule has 0 spiro atoms. The molecule has 29 heavy (non-hydrogen) atoms. The molecule has 0 aromatic heterocycles. The Morgan fingerprint density at radius 1 is 0.793 bits per heavy atom. The van der Waals surface area contributed by atoms with Crippen molar-refractivity contribution in [3.63, 3.8) is 0 Å². The van der Waals surface area contributed by atoms with Crippen LogP contribution in [0.3, 0.4) is 0 Å². The zero-order valence-corrected chi connectivity index (χ0v) is 18.4. The van der Waals surface area contributed by atoms with E-state index in [1.165, 1.54) is 0 Å². The van der Waals surface area contributed by atoms with Gasteiger partial charge in [-0.3, -0.25) is 9.59 Å². The van der Waals surface area contributed by atoms with Crippen LogP contribution in [0.25, 0.3) is 0 Å². The van der Waals surface area contributed by atoms with Crippen molar-refractivity contribution in [1.82, 2.24) is 0 Å². The number of hydrogen-bond donors (Lipinski definition) is 4. The van der Waals surface area contributed by atoms with Crippen LogP contribution in [-0.2, 0) is 14.4 Å². The van der Waals surface area contributed by atoms with Crippen LogP contribution in [0.15, 0.2) is 0 Å². The standard InChI is InChI=1S/C22H40O7/c1-5-9-12-16(8-4)15-17(18(23)24)22(29,20(27)28)21(19(25)26,13-10-6-2)14-11-7-3/h16-17,29H,5-15H2,1-4H3,(H,23,24)(H,25,26)(H,27,28). The molecular weight excluding hydrogens is 376 g/mol. The largest absolute Gasteiger partial charge is 0.481 e. The van der Waals surface area contributed by atoms with Gasteiger partial charge in [-0.05, 0) is 25.2 Å². The maximum absolute atomic E-state index is 12.4. The lowest BCUT2D eigenvalue weighted by Crippen LogP contribution is -2.64. The van der Waals surface area contributed by atoms with E-state index in [1.54, 1.807) is 0 Å². The predicted octanol–water partition coefficient (Wildman–Crippen LogP) is 4.56. The lowest BCUT2D eigenvalue weighted by atomic mass is 9.59. The molecule has 0 aromatic rings. The summed E-state index contributed by atoms with van der Waals surface area (Å²) in [7, 11) is 0. The number of carbonyl (C=O) groups is 3. The molecular formula is C22H40O7. The molecule has 3 atom stereocenters. The van der Waals surface area contributed by atoms with Crippen LogP contribution >= 0.6 is 0 Å². The third-order valence-corrected chi connectivity index (χ3v) is 6.29. The van der Waals surface area contributed by atoms with Gasteiger partial charge in [0.1, 0.15) is 5.41 Å². The molecule has 4 N–H and O–H groups in total. The summed E-state index contributed by atoms with van der Waals surface area (Å²) in [6.07, 6.45) is 4.97. The number of aliphatic hydroxyl groups is 1. The molecule has 0 saturated carbocycles. The van der Waals surface area contributed by atoms with Crippen LogP contribution in [0.4, 0.5) is 0 Å². The van der Waals surface area contributed by atoms with Crippen molar-refractivity contribution in [3.8, 4) is 0 Å². The van der Waals surface area contributed by atoms with Crippen LogP contribution in [0.1, 0.15) is 98.3 Å². The Labute approximate surface area is 174 Å². The average Bonchev–Trinajstić information content (AvgIpc) is 2.67. The minimum absolute atomic E-state index is 0.0537. The molecule has 7 nitrogen and oxygen atoms in total. The highest BCUT2D eigenvalue weighted by Crippen LogP contribution is 2.48. The Kier molecular flexibility index (Phi) is 12.1. The van der Waals surface area contributed by atoms with Gasteiger partial charge in [-0.1, -0.05) is 79.1 Å². The fraction of sp³-hybridized carbons (Fsp3) is 0.864. The predicted molar refractivity (Wildman–Crippen MR) is 111 cm³/mol. The highest BCUT2D eigenvalue weighted by Gasteiger charge is 2.65. The van der Waals surface area contributed by atoms with Crippen LogP contribution in [-0.4, -0.2) is 43.9 Å². The van der Waals surface area contributed by atoms with Gasteiger partial charge in [0.05, 0.1) is 5.92 Å². The number of rotatable bonds is 17. The lowest BCUT2D eigenvalue weighted by molar-refractivity contribution is -0.208. The van der Waals surface area contributed by atoms with E-state index in [4.69, 9.17) is 0 Å². The number of carboxylic acids is 3. The van der Waals surface area contributed by atoms with E-state index in [2.05, 4.69) is 0 Å². The van der Waals surface area contributed by atoms with Crippen LogP contribution in [0, 0.1) is 17.3 Å². The molecule has 0 aliphatic heterocycles. The lowest BCUT2D eigenvalue weighted by Gasteiger charge is -2.45. The SMILES string of the molecule is CCCCC(CC)CC(C(=O)O)C(O)(C(=O)O)C(CCCC)(CCCC)C(=O)O. The molecule has 170 valence electrons.